The van der Waals surface area contributed by atoms with Gasteiger partial charge in [-0.15, -0.1) is 0 Å². The molecule has 0 amide bonds. The number of anilines is 1. The molecular formula is C25H32FN6O2P. The van der Waals surface area contributed by atoms with Gasteiger partial charge in [0.25, 0.3) is 5.56 Å². The summed E-state index contributed by atoms with van der Waals surface area (Å²) >= 11 is 0. The average Bonchev–Trinajstić information content (AvgIpc) is 3.21. The summed E-state index contributed by atoms with van der Waals surface area (Å²) < 4.78 is 30.1. The number of halogens is 1. The van der Waals surface area contributed by atoms with Crippen molar-refractivity contribution in [2.75, 3.05) is 31.3 Å². The van der Waals surface area contributed by atoms with Gasteiger partial charge in [0.1, 0.15) is 25.0 Å². The van der Waals surface area contributed by atoms with Crippen molar-refractivity contribution >= 4 is 29.2 Å². The third-order valence-electron chi connectivity index (χ3n) is 7.03. The fourth-order valence-corrected chi connectivity index (χ4v) is 6.47. The van der Waals surface area contributed by atoms with Crippen molar-refractivity contribution in [1.82, 2.24) is 19.2 Å². The zero-order valence-corrected chi connectivity index (χ0v) is 22.0. The number of nitrogens with zero attached hydrogens (tertiary/aromatic N) is 6. The van der Waals surface area contributed by atoms with Crippen molar-refractivity contribution in [3.8, 4) is 6.07 Å². The monoisotopic (exact) mass is 498 g/mol. The average molecular weight is 499 g/mol. The first kappa shape index (κ1) is 25.2. The van der Waals surface area contributed by atoms with Crippen LogP contribution in [0.5, 0.6) is 0 Å². The van der Waals surface area contributed by atoms with Crippen molar-refractivity contribution in [3.05, 3.63) is 52.2 Å². The Hall–Kier alpha value is -2.95. The Bertz CT molecular complexity index is 1420. The summed E-state index contributed by atoms with van der Waals surface area (Å²) in [4.78, 5) is 17.3. The lowest BCUT2D eigenvalue weighted by atomic mass is 10.00. The molecule has 8 nitrogen and oxygen atoms in total. The molecule has 4 rings (SSSR count). The molecule has 3 atom stereocenters. The van der Waals surface area contributed by atoms with E-state index in [-0.39, 0.29) is 36.0 Å². The molecule has 35 heavy (non-hydrogen) atoms. The molecule has 10 heteroatoms. The van der Waals surface area contributed by atoms with E-state index in [1.54, 1.807) is 48.0 Å². The summed E-state index contributed by atoms with van der Waals surface area (Å²) in [7, 11) is -0.964. The lowest BCUT2D eigenvalue weighted by molar-refractivity contribution is 0.120. The number of aromatic nitrogens is 3. The van der Waals surface area contributed by atoms with Crippen molar-refractivity contribution < 1.29 is 8.96 Å². The number of piperazine rings is 1. The van der Waals surface area contributed by atoms with E-state index in [9.17, 15) is 13.8 Å². The maximum Gasteiger partial charge on any atom is 0.252 e. The number of rotatable bonds is 5. The van der Waals surface area contributed by atoms with Crippen LogP contribution in [0.3, 0.4) is 0 Å². The SMILES string of the molecule is CC(c1ccc(F)cc1P(C)(C)=O)N1C[C@H](C)N(c2cc(=O)n(C)c3cn(CC#N)nc23)C[C@H]1C. The molecule has 1 aromatic carbocycles. The predicted molar refractivity (Wildman–Crippen MR) is 137 cm³/mol. The van der Waals surface area contributed by atoms with Crippen LogP contribution < -0.4 is 15.8 Å². The first-order valence-electron chi connectivity index (χ1n) is 11.7. The number of nitriles is 1. The molecule has 3 aromatic rings. The highest BCUT2D eigenvalue weighted by atomic mass is 31.2. The van der Waals surface area contributed by atoms with Crippen LogP contribution in [0.25, 0.3) is 11.0 Å². The van der Waals surface area contributed by atoms with Crippen LogP contribution in [0.4, 0.5) is 10.1 Å². The molecule has 3 heterocycles. The largest absolute Gasteiger partial charge is 0.364 e. The molecule has 0 N–H and O–H groups in total. The fraction of sp³-hybridized carbons (Fsp3) is 0.480. The highest BCUT2D eigenvalue weighted by Gasteiger charge is 2.35. The van der Waals surface area contributed by atoms with Crippen molar-refractivity contribution in [2.45, 2.75) is 45.4 Å². The summed E-state index contributed by atoms with van der Waals surface area (Å²) in [6, 6.07) is 8.42. The minimum Gasteiger partial charge on any atom is -0.364 e. The normalized spacial score (nSPS) is 20.2. The molecule has 1 aliphatic rings. The van der Waals surface area contributed by atoms with Gasteiger partial charge in [-0.05, 0) is 51.8 Å². The van der Waals surface area contributed by atoms with E-state index in [1.807, 2.05) is 0 Å². The molecule has 0 spiro atoms. The van der Waals surface area contributed by atoms with Crippen LogP contribution in [0.2, 0.25) is 0 Å². The van der Waals surface area contributed by atoms with Crippen LogP contribution in [0.1, 0.15) is 32.4 Å². The Morgan fingerprint density at radius 2 is 1.94 bits per heavy atom. The Morgan fingerprint density at radius 1 is 1.23 bits per heavy atom. The minimum atomic E-state index is -2.67. The molecule has 186 valence electrons. The lowest BCUT2D eigenvalue weighted by Crippen LogP contribution is -2.57. The van der Waals surface area contributed by atoms with Gasteiger partial charge in [0, 0.05) is 49.6 Å². The number of hydrogen-bond acceptors (Lipinski definition) is 6. The van der Waals surface area contributed by atoms with Crippen LogP contribution in [-0.4, -0.2) is 57.8 Å². The van der Waals surface area contributed by atoms with Gasteiger partial charge in [-0.2, -0.15) is 10.4 Å². The van der Waals surface area contributed by atoms with Crippen molar-refractivity contribution in [2.24, 2.45) is 7.05 Å². The molecule has 2 aromatic heterocycles. The number of benzene rings is 1. The number of fused-ring (bicyclic) bond motifs is 1. The van der Waals surface area contributed by atoms with Crippen molar-refractivity contribution in [3.63, 3.8) is 0 Å². The minimum absolute atomic E-state index is 0.0584. The topological polar surface area (TPSA) is 87.2 Å². The number of aryl methyl sites for hydroxylation is 1. The number of hydrogen-bond donors (Lipinski definition) is 0. The van der Waals surface area contributed by atoms with Gasteiger partial charge in [-0.25, -0.2) is 4.39 Å². The van der Waals surface area contributed by atoms with Gasteiger partial charge >= 0.3 is 0 Å². The second-order valence-electron chi connectivity index (χ2n) is 9.92. The molecule has 0 aliphatic carbocycles. The molecular weight excluding hydrogens is 466 g/mol. The third-order valence-corrected chi connectivity index (χ3v) is 8.58. The second kappa shape index (κ2) is 9.25. The molecule has 0 radical (unpaired) electrons. The Kier molecular flexibility index (Phi) is 6.65. The summed E-state index contributed by atoms with van der Waals surface area (Å²) in [5, 5.41) is 14.3. The van der Waals surface area contributed by atoms with Gasteiger partial charge < -0.3 is 14.0 Å². The maximum absolute atomic E-state index is 14.0. The van der Waals surface area contributed by atoms with Gasteiger partial charge in [-0.3, -0.25) is 14.4 Å². The lowest BCUT2D eigenvalue weighted by Gasteiger charge is -2.48. The van der Waals surface area contributed by atoms with Gasteiger partial charge in [0.2, 0.25) is 0 Å². The van der Waals surface area contributed by atoms with E-state index in [4.69, 9.17) is 5.26 Å². The van der Waals surface area contributed by atoms with E-state index in [2.05, 4.69) is 41.7 Å². The van der Waals surface area contributed by atoms with Gasteiger partial charge in [-0.1, -0.05) is 6.07 Å². The molecule has 1 fully saturated rings. The summed E-state index contributed by atoms with van der Waals surface area (Å²) in [5.74, 6) is -0.378. The Labute approximate surface area is 204 Å². The fourth-order valence-electron chi connectivity index (χ4n) is 5.16. The van der Waals surface area contributed by atoms with E-state index in [1.165, 1.54) is 12.1 Å². The van der Waals surface area contributed by atoms with E-state index in [0.717, 1.165) is 11.3 Å². The van der Waals surface area contributed by atoms with Crippen LogP contribution >= 0.6 is 7.14 Å². The zero-order chi connectivity index (χ0) is 25.7. The van der Waals surface area contributed by atoms with Gasteiger partial charge in [0.05, 0.1) is 23.5 Å². The van der Waals surface area contributed by atoms with E-state index in [0.29, 0.717) is 29.4 Å². The third kappa shape index (κ3) is 4.65. The standard InChI is InChI=1S/C25H32FN6O2P/c1-16-14-32(21-12-24(33)29(4)22-15-30(10-9-27)28-25(21)22)17(2)13-31(16)18(3)20-8-7-19(26)11-23(20)35(5,6)34/h7-8,11-12,15-18H,10,13-14H2,1-6H3/t16-,17+,18?/m1/s1. The first-order valence-corrected chi connectivity index (χ1v) is 14.3. The molecule has 0 bridgehead atoms. The van der Waals surface area contributed by atoms with E-state index < -0.39 is 7.14 Å². The summed E-state index contributed by atoms with van der Waals surface area (Å²) in [6.07, 6.45) is 1.74. The Morgan fingerprint density at radius 3 is 2.60 bits per heavy atom. The van der Waals surface area contributed by atoms with E-state index >= 15 is 0 Å². The molecule has 0 saturated carbocycles. The Balaban J connectivity index is 1.69. The zero-order valence-electron chi connectivity index (χ0n) is 21.1. The number of pyridine rings is 1. The van der Waals surface area contributed by atoms with Gasteiger partial charge in [0.15, 0.2) is 0 Å². The van der Waals surface area contributed by atoms with Crippen molar-refractivity contribution in [1.29, 1.82) is 5.26 Å². The second-order valence-corrected chi connectivity index (χ2v) is 13.1. The molecule has 1 aliphatic heterocycles. The first-order chi connectivity index (χ1) is 16.4. The summed E-state index contributed by atoms with van der Waals surface area (Å²) in [6.45, 7) is 11.1. The molecule has 1 unspecified atom stereocenters. The maximum atomic E-state index is 14.0. The highest BCUT2D eigenvalue weighted by Crippen LogP contribution is 2.40. The smallest absolute Gasteiger partial charge is 0.252 e. The quantitative estimate of drug-likeness (QED) is 0.502. The van der Waals surface area contributed by atoms with Crippen LogP contribution in [0.15, 0.2) is 35.3 Å². The summed E-state index contributed by atoms with van der Waals surface area (Å²) in [5.41, 5.74) is 2.91. The van der Waals surface area contributed by atoms with Crippen LogP contribution in [-0.2, 0) is 18.2 Å². The van der Waals surface area contributed by atoms with Crippen LogP contribution in [0, 0.1) is 17.1 Å². The highest BCUT2D eigenvalue weighted by molar-refractivity contribution is 7.70. The predicted octanol–water partition coefficient (Wildman–Crippen LogP) is 3.31. The molecule has 1 saturated heterocycles.